The fourth-order valence-corrected chi connectivity index (χ4v) is 1.17. The van der Waals surface area contributed by atoms with Gasteiger partial charge in [-0.15, -0.1) is 0 Å². The first-order valence-electron chi connectivity index (χ1n) is 5.01. The molecule has 0 heterocycles. The van der Waals surface area contributed by atoms with Crippen molar-refractivity contribution in [2.24, 2.45) is 0 Å². The highest BCUT2D eigenvalue weighted by Crippen LogP contribution is 2.10. The molecular weight excluding hydrogens is 224 g/mol. The average molecular weight is 238 g/mol. The van der Waals surface area contributed by atoms with Crippen LogP contribution in [0.1, 0.15) is 10.4 Å². The Bertz CT molecular complexity index is 402. The van der Waals surface area contributed by atoms with Crippen LogP contribution in [0.3, 0.4) is 0 Å². The Morgan fingerprint density at radius 3 is 2.35 bits per heavy atom. The number of carboxylic acid groups (broad SMARTS) is 1. The van der Waals surface area contributed by atoms with Crippen LogP contribution in [-0.4, -0.2) is 47.3 Å². The number of aliphatic hydroxyl groups is 1. The lowest BCUT2D eigenvalue weighted by molar-refractivity contribution is 0.0697. The second-order valence-electron chi connectivity index (χ2n) is 3.46. The minimum absolute atomic E-state index is 0.109. The van der Waals surface area contributed by atoms with Crippen LogP contribution in [0.4, 0.5) is 10.5 Å². The van der Waals surface area contributed by atoms with E-state index in [2.05, 4.69) is 5.32 Å². The predicted octanol–water partition coefficient (Wildman–Crippen LogP) is 0.841. The molecule has 6 heteroatoms. The first kappa shape index (κ1) is 13.0. The highest BCUT2D eigenvalue weighted by molar-refractivity contribution is 5.91. The normalized spacial score (nSPS) is 9.76. The number of carbonyl (C=O) groups excluding carboxylic acids is 1. The first-order valence-corrected chi connectivity index (χ1v) is 5.01. The molecule has 1 aromatic rings. The molecule has 1 aromatic carbocycles. The third-order valence-electron chi connectivity index (χ3n) is 2.17. The summed E-state index contributed by atoms with van der Waals surface area (Å²) in [4.78, 5) is 23.4. The molecule has 0 aromatic heterocycles. The third-order valence-corrected chi connectivity index (χ3v) is 2.17. The number of carbonyl (C=O) groups is 2. The molecule has 0 radical (unpaired) electrons. The van der Waals surface area contributed by atoms with Gasteiger partial charge in [-0.1, -0.05) is 0 Å². The monoisotopic (exact) mass is 238 g/mol. The quantitative estimate of drug-likeness (QED) is 0.725. The Morgan fingerprint density at radius 1 is 1.29 bits per heavy atom. The Labute approximate surface area is 98.5 Å². The molecule has 0 fully saturated rings. The summed E-state index contributed by atoms with van der Waals surface area (Å²) < 4.78 is 0. The zero-order chi connectivity index (χ0) is 12.8. The number of likely N-dealkylation sites (N-methyl/N-ethyl adjacent to an activating group) is 1. The van der Waals surface area contributed by atoms with Crippen molar-refractivity contribution in [2.45, 2.75) is 0 Å². The van der Waals surface area contributed by atoms with Gasteiger partial charge in [-0.2, -0.15) is 0 Å². The molecule has 0 spiro atoms. The number of hydrogen-bond donors (Lipinski definition) is 3. The molecule has 17 heavy (non-hydrogen) atoms. The lowest BCUT2D eigenvalue weighted by Crippen LogP contribution is -2.33. The maximum Gasteiger partial charge on any atom is 0.335 e. The van der Waals surface area contributed by atoms with Crippen molar-refractivity contribution in [1.82, 2.24) is 4.90 Å². The van der Waals surface area contributed by atoms with Crippen molar-refractivity contribution in [2.75, 3.05) is 25.5 Å². The zero-order valence-corrected chi connectivity index (χ0v) is 9.38. The topological polar surface area (TPSA) is 89.9 Å². The van der Waals surface area contributed by atoms with Gasteiger partial charge in [0.25, 0.3) is 0 Å². The van der Waals surface area contributed by atoms with Crippen molar-refractivity contribution in [3.05, 3.63) is 29.8 Å². The summed E-state index contributed by atoms with van der Waals surface area (Å²) in [6, 6.07) is 5.47. The number of rotatable bonds is 4. The van der Waals surface area contributed by atoms with E-state index in [1.54, 1.807) is 7.05 Å². The molecule has 3 N–H and O–H groups in total. The van der Waals surface area contributed by atoms with Gasteiger partial charge in [0.1, 0.15) is 0 Å². The lowest BCUT2D eigenvalue weighted by atomic mass is 10.2. The SMILES string of the molecule is CN(CCO)C(=O)Nc1ccc(C(=O)O)cc1. The van der Waals surface area contributed by atoms with Crippen LogP contribution in [0, 0.1) is 0 Å². The number of aliphatic hydroxyl groups excluding tert-OH is 1. The summed E-state index contributed by atoms with van der Waals surface area (Å²) in [5, 5.41) is 19.9. The molecule has 0 unspecified atom stereocenters. The lowest BCUT2D eigenvalue weighted by Gasteiger charge is -2.16. The Morgan fingerprint density at radius 2 is 1.88 bits per heavy atom. The second-order valence-corrected chi connectivity index (χ2v) is 3.46. The fraction of sp³-hybridized carbons (Fsp3) is 0.273. The van der Waals surface area contributed by atoms with Gasteiger partial charge in [0.15, 0.2) is 0 Å². The summed E-state index contributed by atoms with van der Waals surface area (Å²) in [7, 11) is 1.55. The Balaban J connectivity index is 2.63. The molecule has 0 aliphatic rings. The van der Waals surface area contributed by atoms with Crippen LogP contribution >= 0.6 is 0 Å². The molecule has 0 saturated heterocycles. The third kappa shape index (κ3) is 3.76. The molecule has 0 bridgehead atoms. The van der Waals surface area contributed by atoms with Gasteiger partial charge < -0.3 is 20.4 Å². The van der Waals surface area contributed by atoms with E-state index in [-0.39, 0.29) is 24.7 Å². The van der Waals surface area contributed by atoms with E-state index < -0.39 is 5.97 Å². The largest absolute Gasteiger partial charge is 0.478 e. The van der Waals surface area contributed by atoms with Crippen molar-refractivity contribution < 1.29 is 19.8 Å². The first-order chi connectivity index (χ1) is 8.04. The van der Waals surface area contributed by atoms with E-state index in [1.807, 2.05) is 0 Å². The number of nitrogens with one attached hydrogen (secondary N) is 1. The number of carboxylic acids is 1. The highest BCUT2D eigenvalue weighted by Gasteiger charge is 2.08. The number of hydrogen-bond acceptors (Lipinski definition) is 3. The molecule has 1 rings (SSSR count). The van der Waals surface area contributed by atoms with E-state index >= 15 is 0 Å². The number of amides is 2. The van der Waals surface area contributed by atoms with Crippen LogP contribution in [-0.2, 0) is 0 Å². The molecule has 6 nitrogen and oxygen atoms in total. The van der Waals surface area contributed by atoms with Crippen LogP contribution in [0.2, 0.25) is 0 Å². The van der Waals surface area contributed by atoms with E-state index in [4.69, 9.17) is 10.2 Å². The second kappa shape index (κ2) is 5.86. The number of anilines is 1. The number of urea groups is 1. The summed E-state index contributed by atoms with van der Waals surface area (Å²) in [5.74, 6) is -1.01. The minimum atomic E-state index is -1.01. The molecular formula is C11H14N2O4. The maximum absolute atomic E-state index is 11.5. The van der Waals surface area contributed by atoms with Crippen molar-refractivity contribution in [1.29, 1.82) is 0 Å². The maximum atomic E-state index is 11.5. The minimum Gasteiger partial charge on any atom is -0.478 e. The zero-order valence-electron chi connectivity index (χ0n) is 9.38. The smallest absolute Gasteiger partial charge is 0.335 e. The summed E-state index contributed by atoms with van der Waals surface area (Å²) >= 11 is 0. The highest BCUT2D eigenvalue weighted by atomic mass is 16.4. The van der Waals surface area contributed by atoms with Gasteiger partial charge >= 0.3 is 12.0 Å². The van der Waals surface area contributed by atoms with E-state index in [9.17, 15) is 9.59 Å². The number of nitrogens with zero attached hydrogens (tertiary/aromatic N) is 1. The summed E-state index contributed by atoms with van der Waals surface area (Å²) in [5.41, 5.74) is 0.663. The predicted molar refractivity (Wildman–Crippen MR) is 62.1 cm³/mol. The average Bonchev–Trinajstić information content (AvgIpc) is 2.30. The molecule has 0 aliphatic carbocycles. The number of aromatic carboxylic acids is 1. The van der Waals surface area contributed by atoms with Crippen molar-refractivity contribution in [3.8, 4) is 0 Å². The van der Waals surface area contributed by atoms with Crippen LogP contribution in [0.15, 0.2) is 24.3 Å². The van der Waals surface area contributed by atoms with Crippen molar-refractivity contribution in [3.63, 3.8) is 0 Å². The van der Waals surface area contributed by atoms with Gasteiger partial charge in [-0.05, 0) is 24.3 Å². The number of benzene rings is 1. The molecule has 0 aliphatic heterocycles. The molecule has 92 valence electrons. The van der Waals surface area contributed by atoms with Gasteiger partial charge in [0.05, 0.1) is 12.2 Å². The van der Waals surface area contributed by atoms with Crippen LogP contribution in [0.5, 0.6) is 0 Å². The molecule has 2 amide bonds. The van der Waals surface area contributed by atoms with E-state index in [1.165, 1.54) is 29.2 Å². The molecule has 0 atom stereocenters. The summed E-state index contributed by atoms with van der Waals surface area (Å²) in [6.45, 7) is 0.126. The van der Waals surface area contributed by atoms with Crippen molar-refractivity contribution >= 4 is 17.7 Å². The van der Waals surface area contributed by atoms with Gasteiger partial charge in [0, 0.05) is 19.3 Å². The Hall–Kier alpha value is -2.08. The van der Waals surface area contributed by atoms with Gasteiger partial charge in [0.2, 0.25) is 0 Å². The fourth-order valence-electron chi connectivity index (χ4n) is 1.17. The van der Waals surface area contributed by atoms with E-state index in [0.29, 0.717) is 5.69 Å². The summed E-state index contributed by atoms with van der Waals surface area (Å²) in [6.07, 6.45) is 0. The van der Waals surface area contributed by atoms with E-state index in [0.717, 1.165) is 0 Å². The van der Waals surface area contributed by atoms with Crippen LogP contribution in [0.25, 0.3) is 0 Å². The molecule has 0 saturated carbocycles. The Kier molecular flexibility index (Phi) is 4.47. The van der Waals surface area contributed by atoms with Crippen LogP contribution < -0.4 is 5.32 Å². The van der Waals surface area contributed by atoms with Gasteiger partial charge in [-0.3, -0.25) is 0 Å². The standard InChI is InChI=1S/C11H14N2O4/c1-13(6-7-14)11(17)12-9-4-2-8(3-5-9)10(15)16/h2-5,14H,6-7H2,1H3,(H,12,17)(H,15,16). The van der Waals surface area contributed by atoms with Gasteiger partial charge in [-0.25, -0.2) is 9.59 Å².